The number of ether oxygens (including phenoxy) is 2. The van der Waals surface area contributed by atoms with Crippen molar-refractivity contribution in [1.82, 2.24) is 4.90 Å². The number of ketones is 1. The van der Waals surface area contributed by atoms with Gasteiger partial charge < -0.3 is 29.7 Å². The van der Waals surface area contributed by atoms with Gasteiger partial charge in [-0.3, -0.25) is 9.59 Å². The van der Waals surface area contributed by atoms with E-state index in [1.807, 2.05) is 0 Å². The second-order valence-electron chi connectivity index (χ2n) is 6.38. The Morgan fingerprint density at radius 3 is 2.41 bits per heavy atom. The Bertz CT molecular complexity index is 983. The van der Waals surface area contributed by atoms with E-state index in [4.69, 9.17) is 9.47 Å². The zero-order chi connectivity index (χ0) is 21.1. The lowest BCUT2D eigenvalue weighted by Gasteiger charge is -2.24. The summed E-state index contributed by atoms with van der Waals surface area (Å²) >= 11 is 0. The summed E-state index contributed by atoms with van der Waals surface area (Å²) < 4.78 is 10.4. The number of rotatable bonds is 6. The van der Waals surface area contributed by atoms with Crippen LogP contribution in [0.5, 0.6) is 17.2 Å². The first-order chi connectivity index (χ1) is 13.9. The molecule has 0 spiro atoms. The average Bonchev–Trinajstić information content (AvgIpc) is 2.98. The number of aliphatic hydroxyl groups excluding tert-OH is 2. The number of phenols is 1. The van der Waals surface area contributed by atoms with Crippen LogP contribution in [0.4, 0.5) is 0 Å². The minimum Gasteiger partial charge on any atom is -0.508 e. The first-order valence-corrected chi connectivity index (χ1v) is 8.83. The van der Waals surface area contributed by atoms with E-state index >= 15 is 0 Å². The van der Waals surface area contributed by atoms with Crippen LogP contribution in [0, 0.1) is 0 Å². The van der Waals surface area contributed by atoms with Crippen molar-refractivity contribution in [3.63, 3.8) is 0 Å². The molecule has 8 heteroatoms. The summed E-state index contributed by atoms with van der Waals surface area (Å²) in [6.07, 6.45) is 0. The fraction of sp³-hybridized carbons (Fsp3) is 0.238. The summed E-state index contributed by atoms with van der Waals surface area (Å²) in [5, 5.41) is 30.1. The molecule has 0 aliphatic carbocycles. The normalized spacial score (nSPS) is 18.2. The van der Waals surface area contributed by atoms with Crippen molar-refractivity contribution in [2.24, 2.45) is 0 Å². The van der Waals surface area contributed by atoms with Crippen LogP contribution in [0.2, 0.25) is 0 Å². The molecule has 0 saturated carbocycles. The van der Waals surface area contributed by atoms with Gasteiger partial charge in [-0.2, -0.15) is 0 Å². The summed E-state index contributed by atoms with van der Waals surface area (Å²) in [5.74, 6) is -1.38. The van der Waals surface area contributed by atoms with Gasteiger partial charge in [-0.25, -0.2) is 0 Å². The molecular formula is C21H21NO7. The van der Waals surface area contributed by atoms with Gasteiger partial charge in [-0.05, 0) is 35.9 Å². The molecule has 1 saturated heterocycles. The van der Waals surface area contributed by atoms with Crippen LogP contribution in [-0.2, 0) is 9.59 Å². The summed E-state index contributed by atoms with van der Waals surface area (Å²) in [6.45, 7) is -0.466. The van der Waals surface area contributed by atoms with E-state index in [-0.39, 0.29) is 30.0 Å². The summed E-state index contributed by atoms with van der Waals surface area (Å²) in [7, 11) is 2.91. The third-order valence-electron chi connectivity index (χ3n) is 4.72. The fourth-order valence-corrected chi connectivity index (χ4v) is 3.40. The van der Waals surface area contributed by atoms with E-state index < -0.39 is 23.5 Å². The summed E-state index contributed by atoms with van der Waals surface area (Å²) in [5.41, 5.74) is 0.552. The number of aromatic hydroxyl groups is 1. The highest BCUT2D eigenvalue weighted by atomic mass is 16.5. The number of aliphatic hydroxyl groups is 2. The highest BCUT2D eigenvalue weighted by molar-refractivity contribution is 6.46. The molecule has 1 aliphatic rings. The smallest absolute Gasteiger partial charge is 0.295 e. The molecule has 1 amide bonds. The number of β-amino-alcohol motifs (C(OH)–C–C–N with tert-alkyl or cyclic N) is 1. The van der Waals surface area contributed by atoms with E-state index in [0.717, 1.165) is 0 Å². The SMILES string of the molecule is COc1ccc(C(O)=C2C(=O)C(=O)N(CCO)[C@H]2c2cccc(O)c2)cc1OC. The molecule has 8 nitrogen and oxygen atoms in total. The molecule has 152 valence electrons. The minimum atomic E-state index is -0.956. The number of benzene rings is 2. The fourth-order valence-electron chi connectivity index (χ4n) is 3.40. The zero-order valence-electron chi connectivity index (χ0n) is 16.0. The van der Waals surface area contributed by atoms with Gasteiger partial charge in [-0.1, -0.05) is 12.1 Å². The Labute approximate surface area is 167 Å². The molecule has 3 rings (SSSR count). The summed E-state index contributed by atoms with van der Waals surface area (Å²) in [4.78, 5) is 26.5. The van der Waals surface area contributed by atoms with Crippen molar-refractivity contribution in [2.75, 3.05) is 27.4 Å². The lowest BCUT2D eigenvalue weighted by molar-refractivity contribution is -0.140. The first kappa shape index (κ1) is 20.2. The molecule has 29 heavy (non-hydrogen) atoms. The number of amides is 1. The van der Waals surface area contributed by atoms with Gasteiger partial charge in [0, 0.05) is 12.1 Å². The van der Waals surface area contributed by atoms with E-state index in [0.29, 0.717) is 17.1 Å². The minimum absolute atomic E-state index is 0.0526. The molecule has 1 atom stereocenters. The van der Waals surface area contributed by atoms with E-state index in [1.165, 1.54) is 43.4 Å². The Hall–Kier alpha value is -3.52. The number of methoxy groups -OCH3 is 2. The predicted molar refractivity (Wildman–Crippen MR) is 104 cm³/mol. The van der Waals surface area contributed by atoms with Crippen molar-refractivity contribution in [1.29, 1.82) is 0 Å². The van der Waals surface area contributed by atoms with Crippen LogP contribution < -0.4 is 9.47 Å². The number of carbonyl (C=O) groups excluding carboxylic acids is 2. The third-order valence-corrected chi connectivity index (χ3v) is 4.72. The largest absolute Gasteiger partial charge is 0.508 e. The van der Waals surface area contributed by atoms with Crippen molar-refractivity contribution in [3.8, 4) is 17.2 Å². The summed E-state index contributed by atoms with van der Waals surface area (Å²) in [6, 6.07) is 9.70. The van der Waals surface area contributed by atoms with Crippen LogP contribution in [0.15, 0.2) is 48.0 Å². The highest BCUT2D eigenvalue weighted by Gasteiger charge is 2.45. The van der Waals surface area contributed by atoms with Gasteiger partial charge in [0.25, 0.3) is 11.7 Å². The van der Waals surface area contributed by atoms with Crippen LogP contribution in [0.3, 0.4) is 0 Å². The molecule has 0 unspecified atom stereocenters. The number of phenolic OH excluding ortho intramolecular Hbond substituents is 1. The van der Waals surface area contributed by atoms with Gasteiger partial charge in [0.05, 0.1) is 32.4 Å². The van der Waals surface area contributed by atoms with Crippen molar-refractivity contribution >= 4 is 17.4 Å². The number of hydrogen-bond acceptors (Lipinski definition) is 7. The molecule has 3 N–H and O–H groups in total. The topological polar surface area (TPSA) is 117 Å². The molecule has 0 bridgehead atoms. The maximum atomic E-state index is 12.7. The van der Waals surface area contributed by atoms with Crippen molar-refractivity contribution < 1.29 is 34.4 Å². The quantitative estimate of drug-likeness (QED) is 0.385. The van der Waals surface area contributed by atoms with E-state index in [2.05, 4.69) is 0 Å². The van der Waals surface area contributed by atoms with Crippen LogP contribution in [-0.4, -0.2) is 59.3 Å². The van der Waals surface area contributed by atoms with Crippen LogP contribution in [0.1, 0.15) is 17.2 Å². The first-order valence-electron chi connectivity index (χ1n) is 8.83. The van der Waals surface area contributed by atoms with Crippen LogP contribution >= 0.6 is 0 Å². The third kappa shape index (κ3) is 3.62. The van der Waals surface area contributed by atoms with Gasteiger partial charge in [0.1, 0.15) is 11.5 Å². The monoisotopic (exact) mass is 399 g/mol. The molecule has 0 aromatic heterocycles. The number of nitrogens with zero attached hydrogens (tertiary/aromatic N) is 1. The molecule has 2 aromatic rings. The molecule has 1 aliphatic heterocycles. The van der Waals surface area contributed by atoms with E-state index in [9.17, 15) is 24.9 Å². The predicted octanol–water partition coefficient (Wildman–Crippen LogP) is 1.82. The van der Waals surface area contributed by atoms with Crippen molar-refractivity contribution in [2.45, 2.75) is 6.04 Å². The molecule has 1 heterocycles. The Morgan fingerprint density at radius 1 is 1.07 bits per heavy atom. The maximum Gasteiger partial charge on any atom is 0.295 e. The molecular weight excluding hydrogens is 378 g/mol. The second-order valence-corrected chi connectivity index (χ2v) is 6.38. The number of carbonyl (C=O) groups is 2. The van der Waals surface area contributed by atoms with Gasteiger partial charge in [-0.15, -0.1) is 0 Å². The lowest BCUT2D eigenvalue weighted by atomic mass is 9.95. The van der Waals surface area contributed by atoms with Gasteiger partial charge in [0.2, 0.25) is 0 Å². The Balaban J connectivity index is 2.20. The molecule has 0 radical (unpaired) electrons. The van der Waals surface area contributed by atoms with Crippen LogP contribution in [0.25, 0.3) is 5.76 Å². The van der Waals surface area contributed by atoms with Crippen molar-refractivity contribution in [3.05, 3.63) is 59.2 Å². The Kier molecular flexibility index (Phi) is 5.74. The number of hydrogen-bond donors (Lipinski definition) is 3. The molecule has 1 fully saturated rings. The average molecular weight is 399 g/mol. The standard InChI is InChI=1S/C21H21NO7/c1-28-15-7-6-13(11-16(15)29-2)19(25)17-18(12-4-3-5-14(24)10-12)22(8-9-23)21(27)20(17)26/h3-7,10-11,18,23-25H,8-9H2,1-2H3/t18-/m0/s1. The zero-order valence-corrected chi connectivity index (χ0v) is 16.0. The Morgan fingerprint density at radius 2 is 1.79 bits per heavy atom. The molecule has 2 aromatic carbocycles. The second kappa shape index (κ2) is 8.24. The lowest BCUT2D eigenvalue weighted by Crippen LogP contribution is -2.32. The maximum absolute atomic E-state index is 12.7. The van der Waals surface area contributed by atoms with Gasteiger partial charge in [0.15, 0.2) is 11.5 Å². The van der Waals surface area contributed by atoms with E-state index in [1.54, 1.807) is 18.2 Å². The highest BCUT2D eigenvalue weighted by Crippen LogP contribution is 2.41. The number of Topliss-reactive ketones (excluding diaryl/α,β-unsaturated/α-hetero) is 1. The number of likely N-dealkylation sites (tertiary alicyclic amines) is 1. The van der Waals surface area contributed by atoms with Gasteiger partial charge >= 0.3 is 0 Å².